The third-order valence-corrected chi connectivity index (χ3v) is 2.73. The van der Waals surface area contributed by atoms with Gasteiger partial charge in [0.25, 0.3) is 5.56 Å². The van der Waals surface area contributed by atoms with Gasteiger partial charge >= 0.3 is 5.69 Å². The summed E-state index contributed by atoms with van der Waals surface area (Å²) >= 11 is 5.86. The van der Waals surface area contributed by atoms with Gasteiger partial charge in [-0.05, 0) is 18.2 Å². The quantitative estimate of drug-likeness (QED) is 0.834. The minimum atomic E-state index is -0.747. The van der Waals surface area contributed by atoms with E-state index in [2.05, 4.69) is 0 Å². The summed E-state index contributed by atoms with van der Waals surface area (Å²) in [6.45, 7) is 0. The van der Waals surface area contributed by atoms with Crippen LogP contribution in [-0.4, -0.2) is 9.55 Å². The molecular weight excluding hydrogens is 268 g/mol. The molecule has 1 aromatic carbocycles. The van der Waals surface area contributed by atoms with E-state index in [1.54, 1.807) is 6.07 Å². The molecule has 0 saturated heterocycles. The van der Waals surface area contributed by atoms with Crippen LogP contribution in [0.4, 0.5) is 0 Å². The normalized spacial score (nSPS) is 9.63. The van der Waals surface area contributed by atoms with Crippen molar-refractivity contribution in [1.29, 1.82) is 10.5 Å². The van der Waals surface area contributed by atoms with Crippen molar-refractivity contribution in [2.24, 2.45) is 0 Å². The SMILES string of the molecule is N#Cc1ccc(-n2cc(C#N)c(=O)[nH]c2=O)cc1Cl. The third kappa shape index (κ3) is 2.25. The molecule has 1 N–H and O–H groups in total. The Balaban J connectivity index is 2.70. The molecule has 0 unspecified atom stereocenters. The van der Waals surface area contributed by atoms with Crippen molar-refractivity contribution in [3.63, 3.8) is 0 Å². The molecule has 0 aliphatic carbocycles. The van der Waals surface area contributed by atoms with Gasteiger partial charge in [0.1, 0.15) is 17.7 Å². The molecule has 0 spiro atoms. The molecule has 0 aliphatic rings. The molecule has 0 radical (unpaired) electrons. The van der Waals surface area contributed by atoms with Gasteiger partial charge in [-0.3, -0.25) is 14.3 Å². The monoisotopic (exact) mass is 272 g/mol. The number of benzene rings is 1. The number of nitriles is 2. The Morgan fingerprint density at radius 1 is 1.16 bits per heavy atom. The lowest BCUT2D eigenvalue weighted by molar-refractivity contribution is 0.889. The Morgan fingerprint density at radius 3 is 2.42 bits per heavy atom. The van der Waals surface area contributed by atoms with Crippen LogP contribution in [0.25, 0.3) is 5.69 Å². The van der Waals surface area contributed by atoms with Gasteiger partial charge in [0.15, 0.2) is 0 Å². The summed E-state index contributed by atoms with van der Waals surface area (Å²) in [4.78, 5) is 25.0. The number of hydrogen-bond acceptors (Lipinski definition) is 4. The third-order valence-electron chi connectivity index (χ3n) is 2.41. The predicted octanol–water partition coefficient (Wildman–Crippen LogP) is 0.923. The second-order valence-corrected chi connectivity index (χ2v) is 3.97. The molecule has 1 aromatic heterocycles. The molecular formula is C12H5ClN4O2. The van der Waals surface area contributed by atoms with E-state index >= 15 is 0 Å². The molecule has 0 amide bonds. The maximum absolute atomic E-state index is 11.7. The van der Waals surface area contributed by atoms with E-state index in [1.165, 1.54) is 18.2 Å². The van der Waals surface area contributed by atoms with Gasteiger partial charge in [-0.25, -0.2) is 4.79 Å². The lowest BCUT2D eigenvalue weighted by atomic mass is 10.2. The van der Waals surface area contributed by atoms with E-state index in [-0.39, 0.29) is 16.1 Å². The molecule has 0 aliphatic heterocycles. The minimum absolute atomic E-state index is 0.177. The van der Waals surface area contributed by atoms with Crippen molar-refractivity contribution in [2.75, 3.05) is 0 Å². The highest BCUT2D eigenvalue weighted by Gasteiger charge is 2.08. The Morgan fingerprint density at radius 2 is 1.84 bits per heavy atom. The number of nitrogens with one attached hydrogen (secondary N) is 1. The highest BCUT2D eigenvalue weighted by Crippen LogP contribution is 2.18. The summed E-state index contributed by atoms with van der Waals surface area (Å²) in [5.41, 5.74) is -1.02. The first kappa shape index (κ1) is 12.6. The van der Waals surface area contributed by atoms with Crippen molar-refractivity contribution in [1.82, 2.24) is 9.55 Å². The van der Waals surface area contributed by atoms with Gasteiger partial charge < -0.3 is 0 Å². The van der Waals surface area contributed by atoms with Crippen molar-refractivity contribution < 1.29 is 0 Å². The fourth-order valence-electron chi connectivity index (χ4n) is 1.49. The fourth-order valence-corrected chi connectivity index (χ4v) is 1.70. The summed E-state index contributed by atoms with van der Waals surface area (Å²) in [6.07, 6.45) is 1.12. The molecule has 0 saturated carbocycles. The molecule has 2 rings (SSSR count). The van der Waals surface area contributed by atoms with Crippen LogP contribution in [0.5, 0.6) is 0 Å². The smallest absolute Gasteiger partial charge is 0.273 e. The fraction of sp³-hybridized carbons (Fsp3) is 0. The summed E-state index contributed by atoms with van der Waals surface area (Å²) in [6, 6.07) is 7.91. The standard InChI is InChI=1S/C12H5ClN4O2/c13-10-3-9(2-1-7(10)4-14)17-6-8(5-15)11(18)16-12(17)19/h1-3,6H,(H,16,18,19). The Kier molecular flexibility index (Phi) is 3.19. The van der Waals surface area contributed by atoms with Crippen LogP contribution >= 0.6 is 11.6 Å². The van der Waals surface area contributed by atoms with Gasteiger partial charge in [-0.1, -0.05) is 11.6 Å². The van der Waals surface area contributed by atoms with E-state index in [0.717, 1.165) is 10.8 Å². The van der Waals surface area contributed by atoms with E-state index in [0.29, 0.717) is 5.69 Å². The first-order valence-electron chi connectivity index (χ1n) is 5.03. The van der Waals surface area contributed by atoms with Crippen LogP contribution in [0, 0.1) is 22.7 Å². The highest BCUT2D eigenvalue weighted by atomic mass is 35.5. The van der Waals surface area contributed by atoms with E-state index in [4.69, 9.17) is 22.1 Å². The van der Waals surface area contributed by atoms with Crippen LogP contribution in [0.1, 0.15) is 11.1 Å². The van der Waals surface area contributed by atoms with E-state index in [1.807, 2.05) is 11.1 Å². The lowest BCUT2D eigenvalue weighted by Gasteiger charge is -2.06. The highest BCUT2D eigenvalue weighted by molar-refractivity contribution is 6.31. The molecule has 92 valence electrons. The summed E-state index contributed by atoms with van der Waals surface area (Å²) in [5, 5.41) is 17.7. The first-order chi connectivity index (χ1) is 9.06. The minimum Gasteiger partial charge on any atom is -0.273 e. The summed E-state index contributed by atoms with van der Waals surface area (Å²) in [7, 11) is 0. The number of halogens is 1. The Labute approximate surface area is 111 Å². The molecule has 0 fully saturated rings. The molecule has 7 heteroatoms. The van der Waals surface area contributed by atoms with E-state index in [9.17, 15) is 9.59 Å². The number of rotatable bonds is 1. The van der Waals surface area contributed by atoms with Crippen LogP contribution in [0.15, 0.2) is 34.0 Å². The van der Waals surface area contributed by atoms with E-state index < -0.39 is 11.2 Å². The van der Waals surface area contributed by atoms with Crippen LogP contribution < -0.4 is 11.2 Å². The number of H-pyrrole nitrogens is 1. The zero-order valence-corrected chi connectivity index (χ0v) is 10.1. The molecule has 0 atom stereocenters. The van der Waals surface area contributed by atoms with Crippen molar-refractivity contribution >= 4 is 11.6 Å². The number of aromatic nitrogens is 2. The maximum Gasteiger partial charge on any atom is 0.332 e. The predicted molar refractivity (Wildman–Crippen MR) is 67.1 cm³/mol. The Bertz CT molecular complexity index is 852. The molecule has 1 heterocycles. The summed E-state index contributed by atoms with van der Waals surface area (Å²) in [5.74, 6) is 0. The molecule has 19 heavy (non-hydrogen) atoms. The van der Waals surface area contributed by atoms with Gasteiger partial charge in [-0.2, -0.15) is 10.5 Å². The average molecular weight is 273 g/mol. The topological polar surface area (TPSA) is 102 Å². The largest absolute Gasteiger partial charge is 0.332 e. The van der Waals surface area contributed by atoms with Crippen LogP contribution in [-0.2, 0) is 0 Å². The van der Waals surface area contributed by atoms with Crippen LogP contribution in [0.3, 0.4) is 0 Å². The molecule has 0 bridgehead atoms. The zero-order valence-electron chi connectivity index (χ0n) is 9.35. The second-order valence-electron chi connectivity index (χ2n) is 3.56. The zero-order chi connectivity index (χ0) is 14.0. The molecule has 6 nitrogen and oxygen atoms in total. The molecule has 2 aromatic rings. The first-order valence-corrected chi connectivity index (χ1v) is 5.40. The van der Waals surface area contributed by atoms with Crippen molar-refractivity contribution in [2.45, 2.75) is 0 Å². The van der Waals surface area contributed by atoms with Gasteiger partial charge in [0.2, 0.25) is 0 Å². The Hall–Kier alpha value is -2.83. The van der Waals surface area contributed by atoms with Crippen molar-refractivity contribution in [3.8, 4) is 17.8 Å². The second kappa shape index (κ2) is 4.81. The van der Waals surface area contributed by atoms with Gasteiger partial charge in [-0.15, -0.1) is 0 Å². The van der Waals surface area contributed by atoms with Gasteiger partial charge in [0.05, 0.1) is 16.3 Å². The van der Waals surface area contributed by atoms with Crippen LogP contribution in [0.2, 0.25) is 5.02 Å². The number of aromatic amines is 1. The van der Waals surface area contributed by atoms with Gasteiger partial charge in [0, 0.05) is 6.20 Å². The maximum atomic E-state index is 11.7. The number of hydrogen-bond donors (Lipinski definition) is 1. The summed E-state index contributed by atoms with van der Waals surface area (Å²) < 4.78 is 1.08. The average Bonchev–Trinajstić information content (AvgIpc) is 2.39. The number of nitrogens with zero attached hydrogens (tertiary/aromatic N) is 3. The van der Waals surface area contributed by atoms with Crippen molar-refractivity contribution in [3.05, 3.63) is 61.4 Å². The lowest BCUT2D eigenvalue weighted by Crippen LogP contribution is -2.30.